The van der Waals surface area contributed by atoms with Gasteiger partial charge in [0.2, 0.25) is 0 Å². The van der Waals surface area contributed by atoms with Gasteiger partial charge in [0.1, 0.15) is 0 Å². The molecule has 0 bridgehead atoms. The number of halogens is 1. The maximum atomic E-state index is 5.88. The summed E-state index contributed by atoms with van der Waals surface area (Å²) in [7, 11) is 1.71. The molecule has 0 fully saturated rings. The second-order valence-electron chi connectivity index (χ2n) is 3.22. The Kier molecular flexibility index (Phi) is 4.77. The van der Waals surface area contributed by atoms with Gasteiger partial charge >= 0.3 is 0 Å². The van der Waals surface area contributed by atoms with Crippen molar-refractivity contribution >= 4 is 17.3 Å². The maximum absolute atomic E-state index is 5.88. The van der Waals surface area contributed by atoms with Crippen molar-refractivity contribution < 1.29 is 4.74 Å². The Labute approximate surface area is 90.2 Å². The SMILES string of the molecule is CCC(COC)Nc1cccc(Cl)c1. The third kappa shape index (κ3) is 3.56. The molecule has 0 aromatic heterocycles. The molecule has 0 aliphatic heterocycles. The van der Waals surface area contributed by atoms with Crippen LogP contribution in [0.3, 0.4) is 0 Å². The Hall–Kier alpha value is -0.730. The van der Waals surface area contributed by atoms with E-state index in [1.165, 1.54) is 0 Å². The van der Waals surface area contributed by atoms with Gasteiger partial charge in [0.15, 0.2) is 0 Å². The molecule has 0 aliphatic carbocycles. The van der Waals surface area contributed by atoms with Crippen LogP contribution < -0.4 is 5.32 Å². The fourth-order valence-corrected chi connectivity index (χ4v) is 1.47. The Morgan fingerprint density at radius 2 is 2.29 bits per heavy atom. The second kappa shape index (κ2) is 5.89. The van der Waals surface area contributed by atoms with E-state index in [1.54, 1.807) is 7.11 Å². The Morgan fingerprint density at radius 1 is 1.50 bits per heavy atom. The van der Waals surface area contributed by atoms with Crippen LogP contribution in [0.5, 0.6) is 0 Å². The van der Waals surface area contributed by atoms with Crippen molar-refractivity contribution in [1.29, 1.82) is 0 Å². The first-order valence-corrected chi connectivity index (χ1v) is 5.15. The molecule has 14 heavy (non-hydrogen) atoms. The highest BCUT2D eigenvalue weighted by Crippen LogP contribution is 2.16. The third-order valence-corrected chi connectivity index (χ3v) is 2.29. The van der Waals surface area contributed by atoms with Gasteiger partial charge in [0.25, 0.3) is 0 Å². The lowest BCUT2D eigenvalue weighted by molar-refractivity contribution is 0.184. The molecule has 3 heteroatoms. The minimum atomic E-state index is 0.346. The molecule has 0 saturated carbocycles. The summed E-state index contributed by atoms with van der Waals surface area (Å²) in [6, 6.07) is 8.07. The number of hydrogen-bond donors (Lipinski definition) is 1. The van der Waals surface area contributed by atoms with E-state index in [9.17, 15) is 0 Å². The number of methoxy groups -OCH3 is 1. The van der Waals surface area contributed by atoms with Crippen molar-refractivity contribution in [1.82, 2.24) is 0 Å². The van der Waals surface area contributed by atoms with Crippen molar-refractivity contribution in [2.45, 2.75) is 19.4 Å². The predicted molar refractivity (Wildman–Crippen MR) is 61.0 cm³/mol. The van der Waals surface area contributed by atoms with Crippen LogP contribution in [0.4, 0.5) is 5.69 Å². The van der Waals surface area contributed by atoms with Crippen LogP contribution in [0.2, 0.25) is 5.02 Å². The summed E-state index contributed by atoms with van der Waals surface area (Å²) in [5, 5.41) is 4.11. The van der Waals surface area contributed by atoms with Crippen molar-refractivity contribution in [3.8, 4) is 0 Å². The first-order chi connectivity index (χ1) is 6.76. The van der Waals surface area contributed by atoms with E-state index >= 15 is 0 Å². The van der Waals surface area contributed by atoms with Crippen molar-refractivity contribution in [3.05, 3.63) is 29.3 Å². The summed E-state index contributed by atoms with van der Waals surface area (Å²) in [4.78, 5) is 0. The standard InChI is InChI=1S/C11H16ClNO/c1-3-10(8-14-2)13-11-6-4-5-9(12)7-11/h4-7,10,13H,3,8H2,1-2H3. The van der Waals surface area contributed by atoms with Crippen LogP contribution in [0, 0.1) is 0 Å². The molecule has 1 aromatic carbocycles. The first kappa shape index (κ1) is 11.3. The lowest BCUT2D eigenvalue weighted by Gasteiger charge is -2.17. The Balaban J connectivity index is 2.57. The van der Waals surface area contributed by atoms with Crippen LogP contribution in [-0.4, -0.2) is 19.8 Å². The van der Waals surface area contributed by atoms with Gasteiger partial charge in [-0.15, -0.1) is 0 Å². The molecule has 1 atom stereocenters. The van der Waals surface area contributed by atoms with Gasteiger partial charge in [-0.3, -0.25) is 0 Å². The Bertz CT molecular complexity index is 278. The lowest BCUT2D eigenvalue weighted by atomic mass is 10.2. The van der Waals surface area contributed by atoms with Crippen molar-refractivity contribution in [3.63, 3.8) is 0 Å². The van der Waals surface area contributed by atoms with Gasteiger partial charge in [-0.05, 0) is 24.6 Å². The summed E-state index contributed by atoms with van der Waals surface area (Å²) in [6.45, 7) is 2.84. The average Bonchev–Trinajstić information content (AvgIpc) is 2.17. The average molecular weight is 214 g/mol. The molecule has 2 nitrogen and oxygen atoms in total. The fraction of sp³-hybridized carbons (Fsp3) is 0.455. The molecule has 1 N–H and O–H groups in total. The van der Waals surface area contributed by atoms with Gasteiger partial charge in [-0.2, -0.15) is 0 Å². The molecule has 0 amide bonds. The second-order valence-corrected chi connectivity index (χ2v) is 3.65. The zero-order valence-electron chi connectivity index (χ0n) is 8.59. The van der Waals surface area contributed by atoms with Gasteiger partial charge in [0.05, 0.1) is 6.61 Å². The summed E-state index contributed by atoms with van der Waals surface area (Å²) in [5.74, 6) is 0. The maximum Gasteiger partial charge on any atom is 0.0663 e. The van der Waals surface area contributed by atoms with Gasteiger partial charge in [0, 0.05) is 23.9 Å². The van der Waals surface area contributed by atoms with Crippen molar-refractivity contribution in [2.24, 2.45) is 0 Å². The highest BCUT2D eigenvalue weighted by atomic mass is 35.5. The molecule has 0 heterocycles. The van der Waals surface area contributed by atoms with E-state index < -0.39 is 0 Å². The highest BCUT2D eigenvalue weighted by molar-refractivity contribution is 6.30. The summed E-state index contributed by atoms with van der Waals surface area (Å²) < 4.78 is 5.10. The fourth-order valence-electron chi connectivity index (χ4n) is 1.28. The predicted octanol–water partition coefficient (Wildman–Crippen LogP) is 3.18. The van der Waals surface area contributed by atoms with Crippen LogP contribution in [-0.2, 0) is 4.74 Å². The van der Waals surface area contributed by atoms with Gasteiger partial charge < -0.3 is 10.1 Å². The summed E-state index contributed by atoms with van der Waals surface area (Å²) in [5.41, 5.74) is 1.04. The minimum Gasteiger partial charge on any atom is -0.383 e. The van der Waals surface area contributed by atoms with E-state index in [0.29, 0.717) is 12.6 Å². The van der Waals surface area contributed by atoms with Crippen LogP contribution in [0.1, 0.15) is 13.3 Å². The van der Waals surface area contributed by atoms with E-state index in [-0.39, 0.29) is 0 Å². The Morgan fingerprint density at radius 3 is 2.86 bits per heavy atom. The summed E-state index contributed by atoms with van der Waals surface area (Å²) >= 11 is 5.88. The largest absolute Gasteiger partial charge is 0.383 e. The summed E-state index contributed by atoms with van der Waals surface area (Å²) in [6.07, 6.45) is 1.03. The van der Waals surface area contributed by atoms with Crippen LogP contribution in [0.15, 0.2) is 24.3 Å². The van der Waals surface area contributed by atoms with E-state index in [4.69, 9.17) is 16.3 Å². The van der Waals surface area contributed by atoms with E-state index in [0.717, 1.165) is 17.1 Å². The smallest absolute Gasteiger partial charge is 0.0663 e. The number of rotatable bonds is 5. The van der Waals surface area contributed by atoms with E-state index in [1.807, 2.05) is 24.3 Å². The van der Waals surface area contributed by atoms with Gasteiger partial charge in [-0.25, -0.2) is 0 Å². The third-order valence-electron chi connectivity index (χ3n) is 2.06. The number of ether oxygens (including phenoxy) is 1. The number of benzene rings is 1. The van der Waals surface area contributed by atoms with Crippen LogP contribution in [0.25, 0.3) is 0 Å². The van der Waals surface area contributed by atoms with Crippen LogP contribution >= 0.6 is 11.6 Å². The molecule has 1 rings (SSSR count). The normalized spacial score (nSPS) is 12.5. The monoisotopic (exact) mass is 213 g/mol. The number of hydrogen-bond acceptors (Lipinski definition) is 2. The minimum absolute atomic E-state index is 0.346. The quantitative estimate of drug-likeness (QED) is 0.811. The molecular formula is C11H16ClNO. The number of anilines is 1. The molecule has 0 radical (unpaired) electrons. The highest BCUT2D eigenvalue weighted by Gasteiger charge is 2.04. The van der Waals surface area contributed by atoms with E-state index in [2.05, 4.69) is 12.2 Å². The topological polar surface area (TPSA) is 21.3 Å². The zero-order chi connectivity index (χ0) is 10.4. The molecule has 1 aromatic rings. The molecule has 78 valence electrons. The van der Waals surface area contributed by atoms with Crippen molar-refractivity contribution in [2.75, 3.05) is 19.0 Å². The molecule has 0 saturated heterocycles. The first-order valence-electron chi connectivity index (χ1n) is 4.77. The molecule has 1 unspecified atom stereocenters. The zero-order valence-corrected chi connectivity index (χ0v) is 9.34. The molecule has 0 aliphatic rings. The van der Waals surface area contributed by atoms with Gasteiger partial charge in [-0.1, -0.05) is 24.6 Å². The lowest BCUT2D eigenvalue weighted by Crippen LogP contribution is -2.23. The molecule has 0 spiro atoms. The molecular weight excluding hydrogens is 198 g/mol. The number of nitrogens with one attached hydrogen (secondary N) is 1.